The lowest BCUT2D eigenvalue weighted by atomic mass is 9.89. The third-order valence-corrected chi connectivity index (χ3v) is 4.47. The van der Waals surface area contributed by atoms with Gasteiger partial charge in [0, 0.05) is 25.7 Å². The van der Waals surface area contributed by atoms with Crippen LogP contribution in [0, 0.1) is 5.41 Å². The van der Waals surface area contributed by atoms with Gasteiger partial charge in [-0.3, -0.25) is 4.79 Å². The predicted octanol–water partition coefficient (Wildman–Crippen LogP) is 1.45. The molecule has 0 aromatic rings. The molecule has 2 aliphatic heterocycles. The normalized spacial score (nSPS) is 23.6. The molecule has 4 nitrogen and oxygen atoms in total. The van der Waals surface area contributed by atoms with Gasteiger partial charge in [0.05, 0.1) is 5.41 Å². The maximum atomic E-state index is 12.7. The molecule has 1 amide bonds. The van der Waals surface area contributed by atoms with E-state index in [1.807, 2.05) is 4.90 Å². The molecule has 19 heavy (non-hydrogen) atoms. The number of nitrogens with zero attached hydrogens (tertiary/aromatic N) is 2. The molecule has 4 heteroatoms. The van der Waals surface area contributed by atoms with Crippen molar-refractivity contribution >= 4 is 5.91 Å². The first-order chi connectivity index (χ1) is 8.99. The second-order valence-electron chi connectivity index (χ2n) is 6.85. The molecule has 2 aliphatic rings. The van der Waals surface area contributed by atoms with Gasteiger partial charge in [0.15, 0.2) is 0 Å². The topological polar surface area (TPSA) is 49.6 Å². The van der Waals surface area contributed by atoms with E-state index in [1.54, 1.807) is 0 Å². The lowest BCUT2D eigenvalue weighted by Crippen LogP contribution is -2.51. The first-order valence-electron chi connectivity index (χ1n) is 7.76. The van der Waals surface area contributed by atoms with Crippen molar-refractivity contribution in [1.29, 1.82) is 0 Å². The Kier molecular flexibility index (Phi) is 4.85. The van der Waals surface area contributed by atoms with Gasteiger partial charge in [0.25, 0.3) is 0 Å². The van der Waals surface area contributed by atoms with Crippen molar-refractivity contribution in [3.05, 3.63) is 0 Å². The van der Waals surface area contributed by atoms with Gasteiger partial charge < -0.3 is 15.5 Å². The van der Waals surface area contributed by atoms with Crippen molar-refractivity contribution in [2.24, 2.45) is 11.1 Å². The van der Waals surface area contributed by atoms with Crippen molar-refractivity contribution in [3.8, 4) is 0 Å². The number of nitrogens with two attached hydrogens (primary N) is 1. The first kappa shape index (κ1) is 14.8. The van der Waals surface area contributed by atoms with Crippen LogP contribution in [0.25, 0.3) is 0 Å². The third kappa shape index (κ3) is 3.93. The highest BCUT2D eigenvalue weighted by atomic mass is 16.2. The lowest BCUT2D eigenvalue weighted by Gasteiger charge is -2.39. The van der Waals surface area contributed by atoms with Crippen molar-refractivity contribution in [2.75, 3.05) is 32.7 Å². The zero-order valence-electron chi connectivity index (χ0n) is 12.5. The highest BCUT2D eigenvalue weighted by Gasteiger charge is 2.35. The van der Waals surface area contributed by atoms with Crippen LogP contribution < -0.4 is 5.73 Å². The van der Waals surface area contributed by atoms with E-state index in [0.29, 0.717) is 5.91 Å². The molecule has 0 bridgehead atoms. The Labute approximate surface area is 117 Å². The van der Waals surface area contributed by atoms with Crippen LogP contribution in [0.2, 0.25) is 0 Å². The van der Waals surface area contributed by atoms with Crippen molar-refractivity contribution in [3.63, 3.8) is 0 Å². The number of piperidine rings is 2. The van der Waals surface area contributed by atoms with Gasteiger partial charge in [-0.05, 0) is 52.6 Å². The summed E-state index contributed by atoms with van der Waals surface area (Å²) < 4.78 is 0. The number of hydrogen-bond acceptors (Lipinski definition) is 3. The summed E-state index contributed by atoms with van der Waals surface area (Å²) in [4.78, 5) is 17.1. The smallest absolute Gasteiger partial charge is 0.229 e. The van der Waals surface area contributed by atoms with E-state index >= 15 is 0 Å². The molecule has 0 unspecified atom stereocenters. The minimum atomic E-state index is -0.265. The molecule has 2 fully saturated rings. The van der Waals surface area contributed by atoms with Gasteiger partial charge >= 0.3 is 0 Å². The van der Waals surface area contributed by atoms with Gasteiger partial charge in [0.2, 0.25) is 5.91 Å². The van der Waals surface area contributed by atoms with E-state index < -0.39 is 0 Å². The molecule has 2 N–H and O–H groups in total. The summed E-state index contributed by atoms with van der Waals surface area (Å²) >= 11 is 0. The van der Waals surface area contributed by atoms with Gasteiger partial charge in [-0.15, -0.1) is 0 Å². The minimum absolute atomic E-state index is 0.265. The van der Waals surface area contributed by atoms with E-state index in [2.05, 4.69) is 18.7 Å². The Hall–Kier alpha value is -0.610. The van der Waals surface area contributed by atoms with Crippen LogP contribution in [0.5, 0.6) is 0 Å². The molecule has 2 rings (SSSR count). The zero-order chi connectivity index (χ0) is 13.9. The first-order valence-corrected chi connectivity index (χ1v) is 7.76. The molecular formula is C15H29N3O. The molecule has 0 aromatic carbocycles. The van der Waals surface area contributed by atoms with E-state index in [9.17, 15) is 4.79 Å². The van der Waals surface area contributed by atoms with Crippen molar-refractivity contribution in [1.82, 2.24) is 9.80 Å². The number of likely N-dealkylation sites (tertiary alicyclic amines) is 2. The van der Waals surface area contributed by atoms with Crippen LogP contribution in [0.3, 0.4) is 0 Å². The average molecular weight is 267 g/mol. The second kappa shape index (κ2) is 6.23. The van der Waals surface area contributed by atoms with Crippen LogP contribution >= 0.6 is 0 Å². The SMILES string of the molecule is CC(C)(CN1CCCCC1)C(=O)N1CCC(N)CC1. The lowest BCUT2D eigenvalue weighted by molar-refractivity contribution is -0.142. The molecule has 110 valence electrons. The molecule has 2 saturated heterocycles. The van der Waals surface area contributed by atoms with E-state index in [1.165, 1.54) is 19.3 Å². The summed E-state index contributed by atoms with van der Waals surface area (Å²) in [6, 6.07) is 0.286. The van der Waals surface area contributed by atoms with Crippen LogP contribution in [0.1, 0.15) is 46.0 Å². The Morgan fingerprint density at radius 1 is 1.11 bits per heavy atom. The van der Waals surface area contributed by atoms with Crippen molar-refractivity contribution < 1.29 is 4.79 Å². The maximum Gasteiger partial charge on any atom is 0.229 e. The summed E-state index contributed by atoms with van der Waals surface area (Å²) in [5, 5.41) is 0. The maximum absolute atomic E-state index is 12.7. The van der Waals surface area contributed by atoms with Gasteiger partial charge in [0.1, 0.15) is 0 Å². The van der Waals surface area contributed by atoms with E-state index in [4.69, 9.17) is 5.73 Å². The van der Waals surface area contributed by atoms with Gasteiger partial charge in [-0.1, -0.05) is 6.42 Å². The highest BCUT2D eigenvalue weighted by Crippen LogP contribution is 2.24. The van der Waals surface area contributed by atoms with Gasteiger partial charge in [-0.25, -0.2) is 0 Å². The second-order valence-corrected chi connectivity index (χ2v) is 6.85. The third-order valence-electron chi connectivity index (χ3n) is 4.47. The molecule has 0 aromatic heterocycles. The minimum Gasteiger partial charge on any atom is -0.342 e. The summed E-state index contributed by atoms with van der Waals surface area (Å²) in [6.07, 6.45) is 5.80. The molecule has 0 aliphatic carbocycles. The fourth-order valence-corrected chi connectivity index (χ4v) is 3.27. The summed E-state index contributed by atoms with van der Waals surface area (Å²) in [6.45, 7) is 9.07. The highest BCUT2D eigenvalue weighted by molar-refractivity contribution is 5.82. The standard InChI is InChI=1S/C15H29N3O/c1-15(2,12-17-8-4-3-5-9-17)14(19)18-10-6-13(16)7-11-18/h13H,3-12,16H2,1-2H3. The van der Waals surface area contributed by atoms with Crippen LogP contribution in [0.4, 0.5) is 0 Å². The predicted molar refractivity (Wildman–Crippen MR) is 77.9 cm³/mol. The largest absolute Gasteiger partial charge is 0.342 e. The quantitative estimate of drug-likeness (QED) is 0.842. The average Bonchev–Trinajstić information content (AvgIpc) is 2.39. The van der Waals surface area contributed by atoms with Crippen LogP contribution in [-0.4, -0.2) is 54.5 Å². The summed E-state index contributed by atoms with van der Waals surface area (Å²) in [7, 11) is 0. The molecule has 0 saturated carbocycles. The van der Waals surface area contributed by atoms with E-state index in [-0.39, 0.29) is 11.5 Å². The van der Waals surface area contributed by atoms with Crippen molar-refractivity contribution in [2.45, 2.75) is 52.0 Å². The number of rotatable bonds is 3. The fraction of sp³-hybridized carbons (Fsp3) is 0.933. The number of hydrogen-bond donors (Lipinski definition) is 1. The Morgan fingerprint density at radius 3 is 2.26 bits per heavy atom. The number of amides is 1. The van der Waals surface area contributed by atoms with Crippen LogP contribution in [0.15, 0.2) is 0 Å². The van der Waals surface area contributed by atoms with E-state index in [0.717, 1.165) is 45.6 Å². The number of carbonyl (C=O) groups is 1. The monoisotopic (exact) mass is 267 g/mol. The molecule has 0 radical (unpaired) electrons. The fourth-order valence-electron chi connectivity index (χ4n) is 3.27. The van der Waals surface area contributed by atoms with Gasteiger partial charge in [-0.2, -0.15) is 0 Å². The molecular weight excluding hydrogens is 238 g/mol. The summed E-state index contributed by atoms with van der Waals surface area (Å²) in [5.74, 6) is 0.310. The Balaban J connectivity index is 1.88. The zero-order valence-corrected chi connectivity index (χ0v) is 12.5. The Morgan fingerprint density at radius 2 is 1.68 bits per heavy atom. The molecule has 0 atom stereocenters. The molecule has 0 spiro atoms. The molecule has 2 heterocycles. The Bertz CT molecular complexity index is 303. The summed E-state index contributed by atoms with van der Waals surface area (Å²) in [5.41, 5.74) is 5.64. The van der Waals surface area contributed by atoms with Crippen LogP contribution in [-0.2, 0) is 4.79 Å². The number of carbonyl (C=O) groups excluding carboxylic acids is 1.